The van der Waals surface area contributed by atoms with E-state index in [9.17, 15) is 19.2 Å². The van der Waals surface area contributed by atoms with Crippen molar-refractivity contribution in [2.75, 3.05) is 6.61 Å². The van der Waals surface area contributed by atoms with Crippen LogP contribution in [0.1, 0.15) is 42.9 Å². The molecule has 204 valence electrons. The molecule has 1 saturated heterocycles. The summed E-state index contributed by atoms with van der Waals surface area (Å²) >= 11 is 2.28. The lowest BCUT2D eigenvalue weighted by Crippen LogP contribution is -2.63. The van der Waals surface area contributed by atoms with Gasteiger partial charge in [-0.3, -0.25) is 24.2 Å². The number of carbonyl (C=O) groups is 4. The van der Waals surface area contributed by atoms with Crippen molar-refractivity contribution in [3.8, 4) is 5.75 Å². The maximum absolute atomic E-state index is 12.0. The molecule has 6 atom stereocenters. The van der Waals surface area contributed by atoms with Gasteiger partial charge in [0.2, 0.25) is 12.4 Å². The standard InChI is InChI=1S/C26H28INO10/c1-14(29)33-13-21-23(34-15(2)30)24(35-16(3)31)25(36-17(4)32)26(38-21)37-19-10-8-18(9-11-19)22(27)20-7-5-6-12-28-20/h5-12,21-26H,13H2,1-4H3/t21-,22?,23+,24+,25-,26-/m1/s1. The Hall–Kier alpha value is -3.26. The lowest BCUT2D eigenvalue weighted by Gasteiger charge is -2.43. The summed E-state index contributed by atoms with van der Waals surface area (Å²) in [5.41, 5.74) is 1.86. The highest BCUT2D eigenvalue weighted by molar-refractivity contribution is 14.1. The van der Waals surface area contributed by atoms with E-state index >= 15 is 0 Å². The van der Waals surface area contributed by atoms with Gasteiger partial charge in [0, 0.05) is 33.9 Å². The number of alkyl halides is 1. The SMILES string of the molecule is CC(=O)OC[C@H]1O[C@@H](Oc2ccc(C(I)c3ccccn3)cc2)[C@H](OC(C)=O)[C@@H](OC(C)=O)[C@H]1OC(C)=O. The van der Waals surface area contributed by atoms with Crippen molar-refractivity contribution in [1.29, 1.82) is 0 Å². The number of carbonyl (C=O) groups excluding carboxylic acids is 4. The number of hydrogen-bond acceptors (Lipinski definition) is 11. The smallest absolute Gasteiger partial charge is 0.303 e. The second kappa shape index (κ2) is 13.5. The average Bonchev–Trinajstić information content (AvgIpc) is 2.86. The number of ether oxygens (including phenoxy) is 6. The maximum Gasteiger partial charge on any atom is 0.303 e. The van der Waals surface area contributed by atoms with Gasteiger partial charge in [-0.25, -0.2) is 0 Å². The van der Waals surface area contributed by atoms with Crippen LogP contribution in [0.4, 0.5) is 0 Å². The van der Waals surface area contributed by atoms with Crippen LogP contribution in [0, 0.1) is 0 Å². The third-order valence-corrected chi connectivity index (χ3v) is 6.68. The predicted molar refractivity (Wildman–Crippen MR) is 139 cm³/mol. The molecule has 1 aromatic heterocycles. The van der Waals surface area contributed by atoms with Gasteiger partial charge >= 0.3 is 23.9 Å². The molecule has 0 N–H and O–H groups in total. The lowest BCUT2D eigenvalue weighted by molar-refractivity contribution is -0.288. The number of nitrogens with zero attached hydrogens (tertiary/aromatic N) is 1. The summed E-state index contributed by atoms with van der Waals surface area (Å²) in [4.78, 5) is 51.6. The molecule has 0 aliphatic carbocycles. The van der Waals surface area contributed by atoms with Gasteiger partial charge in [0.15, 0.2) is 12.2 Å². The van der Waals surface area contributed by atoms with Gasteiger partial charge in [0.1, 0.15) is 18.5 Å². The molecule has 1 aromatic carbocycles. The number of aromatic nitrogens is 1. The van der Waals surface area contributed by atoms with E-state index in [2.05, 4.69) is 27.6 Å². The summed E-state index contributed by atoms with van der Waals surface area (Å²) < 4.78 is 33.3. The van der Waals surface area contributed by atoms with Gasteiger partial charge in [-0.1, -0.05) is 40.8 Å². The molecule has 2 heterocycles. The quantitative estimate of drug-likeness (QED) is 0.173. The third kappa shape index (κ3) is 8.12. The van der Waals surface area contributed by atoms with Crippen LogP contribution in [0.5, 0.6) is 5.75 Å². The molecule has 11 nitrogen and oxygen atoms in total. The first kappa shape index (κ1) is 29.3. The van der Waals surface area contributed by atoms with Gasteiger partial charge in [-0.05, 0) is 29.8 Å². The molecule has 2 aromatic rings. The van der Waals surface area contributed by atoms with E-state index in [1.807, 2.05) is 30.3 Å². The Balaban J connectivity index is 1.90. The zero-order valence-corrected chi connectivity index (χ0v) is 23.4. The summed E-state index contributed by atoms with van der Waals surface area (Å²) in [5, 5.41) is 0. The van der Waals surface area contributed by atoms with E-state index < -0.39 is 54.6 Å². The van der Waals surface area contributed by atoms with Crippen molar-refractivity contribution in [2.45, 2.75) is 62.3 Å². The van der Waals surface area contributed by atoms with Crippen molar-refractivity contribution in [3.63, 3.8) is 0 Å². The molecule has 3 rings (SSSR count). The molecule has 0 amide bonds. The number of halogens is 1. The van der Waals surface area contributed by atoms with Crippen LogP contribution >= 0.6 is 22.6 Å². The van der Waals surface area contributed by atoms with Crippen molar-refractivity contribution in [2.24, 2.45) is 0 Å². The van der Waals surface area contributed by atoms with Gasteiger partial charge in [0.05, 0.1) is 9.62 Å². The summed E-state index contributed by atoms with van der Waals surface area (Å²) in [5.74, 6) is -2.37. The Morgan fingerprint density at radius 2 is 1.45 bits per heavy atom. The Morgan fingerprint density at radius 3 is 2.00 bits per heavy atom. The number of rotatable bonds is 9. The zero-order chi connectivity index (χ0) is 27.8. The van der Waals surface area contributed by atoms with Gasteiger partial charge < -0.3 is 28.4 Å². The minimum Gasteiger partial charge on any atom is -0.463 e. The van der Waals surface area contributed by atoms with Crippen molar-refractivity contribution in [3.05, 3.63) is 59.9 Å². The minimum absolute atomic E-state index is 0.00600. The fourth-order valence-electron chi connectivity index (χ4n) is 3.83. The van der Waals surface area contributed by atoms with E-state index in [0.717, 1.165) is 25.1 Å². The van der Waals surface area contributed by atoms with Crippen molar-refractivity contribution >= 4 is 46.5 Å². The molecule has 0 saturated carbocycles. The Bertz CT molecular complexity index is 1130. The summed E-state index contributed by atoms with van der Waals surface area (Å²) in [6.45, 7) is 4.35. The first-order valence-corrected chi connectivity index (χ1v) is 12.9. The van der Waals surface area contributed by atoms with Crippen LogP contribution < -0.4 is 4.74 Å². The first-order chi connectivity index (χ1) is 18.0. The average molecular weight is 641 g/mol. The second-order valence-electron chi connectivity index (χ2n) is 8.37. The highest BCUT2D eigenvalue weighted by Gasteiger charge is 2.53. The predicted octanol–water partition coefficient (Wildman–Crippen LogP) is 3.07. The molecule has 38 heavy (non-hydrogen) atoms. The molecule has 0 spiro atoms. The topological polar surface area (TPSA) is 137 Å². The minimum atomic E-state index is -1.31. The van der Waals surface area contributed by atoms with E-state index in [1.54, 1.807) is 18.3 Å². The fraction of sp³-hybridized carbons (Fsp3) is 0.423. The summed E-state index contributed by atoms with van der Waals surface area (Å²) in [7, 11) is 0. The van der Waals surface area contributed by atoms with Crippen LogP contribution in [0.3, 0.4) is 0 Å². The van der Waals surface area contributed by atoms with Crippen LogP contribution in [0.2, 0.25) is 0 Å². The first-order valence-electron chi connectivity index (χ1n) is 11.7. The Labute approximate surface area is 233 Å². The molecule has 1 unspecified atom stereocenters. The maximum atomic E-state index is 12.0. The van der Waals surface area contributed by atoms with Crippen LogP contribution in [0.15, 0.2) is 48.7 Å². The third-order valence-electron chi connectivity index (χ3n) is 5.32. The molecular weight excluding hydrogens is 613 g/mol. The molecule has 0 bridgehead atoms. The molecule has 1 aliphatic rings. The molecule has 0 radical (unpaired) electrons. The highest BCUT2D eigenvalue weighted by atomic mass is 127. The summed E-state index contributed by atoms with van der Waals surface area (Å²) in [6.07, 6.45) is -4.52. The van der Waals surface area contributed by atoms with Crippen LogP contribution in [0.25, 0.3) is 0 Å². The van der Waals surface area contributed by atoms with Gasteiger partial charge in [-0.2, -0.15) is 0 Å². The van der Waals surface area contributed by atoms with E-state index in [1.165, 1.54) is 13.8 Å². The number of esters is 4. The second-order valence-corrected chi connectivity index (χ2v) is 9.62. The van der Waals surface area contributed by atoms with E-state index in [0.29, 0.717) is 5.75 Å². The van der Waals surface area contributed by atoms with E-state index in [-0.39, 0.29) is 10.5 Å². The normalized spacial score (nSPS) is 23.4. The number of pyridine rings is 1. The lowest BCUT2D eigenvalue weighted by atomic mass is 9.98. The van der Waals surface area contributed by atoms with Crippen LogP contribution in [-0.2, 0) is 42.9 Å². The van der Waals surface area contributed by atoms with Crippen molar-refractivity contribution in [1.82, 2.24) is 4.98 Å². The largest absolute Gasteiger partial charge is 0.463 e. The molecule has 12 heteroatoms. The number of benzene rings is 1. The van der Waals surface area contributed by atoms with Crippen LogP contribution in [-0.4, -0.2) is 66.2 Å². The van der Waals surface area contributed by atoms with E-state index in [4.69, 9.17) is 28.4 Å². The Kier molecular flexibility index (Phi) is 10.4. The monoisotopic (exact) mass is 641 g/mol. The van der Waals surface area contributed by atoms with Crippen molar-refractivity contribution < 1.29 is 47.6 Å². The molecule has 1 aliphatic heterocycles. The molecule has 1 fully saturated rings. The zero-order valence-electron chi connectivity index (χ0n) is 21.2. The van der Waals surface area contributed by atoms with Gasteiger partial charge in [-0.15, -0.1) is 0 Å². The Morgan fingerprint density at radius 1 is 0.842 bits per heavy atom. The highest BCUT2D eigenvalue weighted by Crippen LogP contribution is 2.33. The number of hydrogen-bond donors (Lipinski definition) is 0. The fourth-order valence-corrected chi connectivity index (χ4v) is 4.61. The van der Waals surface area contributed by atoms with Gasteiger partial charge in [0.25, 0.3) is 0 Å². The summed E-state index contributed by atoms with van der Waals surface area (Å²) in [6, 6.07) is 12.8. The molecular formula is C26H28INO10.